The van der Waals surface area contributed by atoms with Gasteiger partial charge in [0.25, 0.3) is 0 Å². The monoisotopic (exact) mass is 429 g/mol. The first kappa shape index (κ1) is 20.9. The predicted molar refractivity (Wildman–Crippen MR) is 127 cm³/mol. The number of nitrogens with one attached hydrogen (secondary N) is 2. The fourth-order valence-electron chi connectivity index (χ4n) is 3.69. The van der Waals surface area contributed by atoms with E-state index in [9.17, 15) is 9.59 Å². The van der Waals surface area contributed by atoms with Crippen molar-refractivity contribution in [2.75, 3.05) is 11.1 Å². The van der Waals surface area contributed by atoms with Gasteiger partial charge in [-0.05, 0) is 46.9 Å². The second-order valence-corrected chi connectivity index (χ2v) is 8.45. The zero-order chi connectivity index (χ0) is 21.8. The van der Waals surface area contributed by atoms with Crippen molar-refractivity contribution in [3.63, 3.8) is 0 Å². The number of benzene rings is 3. The largest absolute Gasteiger partial charge is 0.326 e. The molecule has 1 aliphatic carbocycles. The van der Waals surface area contributed by atoms with E-state index in [2.05, 4.69) is 52.2 Å². The van der Waals surface area contributed by atoms with E-state index in [1.54, 1.807) is 11.8 Å². The lowest BCUT2D eigenvalue weighted by molar-refractivity contribution is -0.118. The van der Waals surface area contributed by atoms with Gasteiger partial charge >= 0.3 is 0 Å². The first-order valence-corrected chi connectivity index (χ1v) is 11.1. The lowest BCUT2D eigenvalue weighted by Crippen LogP contribution is -2.21. The Kier molecular flexibility index (Phi) is 6.18. The van der Waals surface area contributed by atoms with Gasteiger partial charge in [-0.15, -0.1) is 11.8 Å². The van der Waals surface area contributed by atoms with Crippen molar-refractivity contribution in [1.82, 2.24) is 5.43 Å². The minimum absolute atomic E-state index is 0.115. The number of fused-ring (bicyclic) bond motifs is 3. The third-order valence-corrected chi connectivity index (χ3v) is 6.40. The van der Waals surface area contributed by atoms with E-state index in [1.165, 1.54) is 29.2 Å². The molecular formula is C25H23N3O2S. The Balaban J connectivity index is 1.38. The average molecular weight is 430 g/mol. The normalized spacial score (nSPS) is 12.8. The topological polar surface area (TPSA) is 70.6 Å². The molecule has 0 unspecified atom stereocenters. The van der Waals surface area contributed by atoms with Gasteiger partial charge in [0.05, 0.1) is 16.7 Å². The number of hydrazone groups is 1. The van der Waals surface area contributed by atoms with Crippen molar-refractivity contribution >= 4 is 35.0 Å². The molecule has 1 aliphatic rings. The summed E-state index contributed by atoms with van der Waals surface area (Å²) in [5.41, 5.74) is 9.94. The van der Waals surface area contributed by atoms with Crippen molar-refractivity contribution < 1.29 is 9.59 Å². The van der Waals surface area contributed by atoms with Gasteiger partial charge in [0.1, 0.15) is 0 Å². The van der Waals surface area contributed by atoms with Crippen LogP contribution in [0.5, 0.6) is 0 Å². The summed E-state index contributed by atoms with van der Waals surface area (Å²) in [6.45, 7) is 3.31. The van der Waals surface area contributed by atoms with Gasteiger partial charge < -0.3 is 5.32 Å². The highest BCUT2D eigenvalue weighted by Gasteiger charge is 2.28. The van der Waals surface area contributed by atoms with E-state index in [1.807, 2.05) is 43.3 Å². The lowest BCUT2D eigenvalue weighted by atomic mass is 10.1. The van der Waals surface area contributed by atoms with Crippen LogP contribution in [0.4, 0.5) is 5.69 Å². The van der Waals surface area contributed by atoms with Gasteiger partial charge in [0, 0.05) is 12.6 Å². The van der Waals surface area contributed by atoms with Crippen LogP contribution < -0.4 is 10.7 Å². The molecule has 0 aromatic heterocycles. The number of amides is 2. The zero-order valence-corrected chi connectivity index (χ0v) is 18.2. The molecule has 2 N–H and O–H groups in total. The van der Waals surface area contributed by atoms with E-state index in [-0.39, 0.29) is 17.1 Å². The van der Waals surface area contributed by atoms with Gasteiger partial charge in [0.15, 0.2) is 0 Å². The number of hydrogen-bond donors (Lipinski definition) is 2. The van der Waals surface area contributed by atoms with Gasteiger partial charge in [-0.25, -0.2) is 5.43 Å². The second-order valence-electron chi connectivity index (χ2n) is 7.36. The predicted octanol–water partition coefficient (Wildman–Crippen LogP) is 4.99. The van der Waals surface area contributed by atoms with E-state index < -0.39 is 0 Å². The first-order valence-electron chi connectivity index (χ1n) is 10.0. The van der Waals surface area contributed by atoms with Gasteiger partial charge in [-0.2, -0.15) is 5.10 Å². The molecule has 0 saturated heterocycles. The number of hydrogen-bond acceptors (Lipinski definition) is 4. The van der Waals surface area contributed by atoms with Gasteiger partial charge in [-0.1, -0.05) is 60.7 Å². The van der Waals surface area contributed by atoms with Crippen LogP contribution in [0.1, 0.15) is 35.8 Å². The maximum absolute atomic E-state index is 12.4. The minimum atomic E-state index is -0.138. The van der Waals surface area contributed by atoms with Crippen LogP contribution in [-0.4, -0.2) is 23.3 Å². The summed E-state index contributed by atoms with van der Waals surface area (Å²) in [5, 5.41) is 7.11. The highest BCUT2D eigenvalue weighted by Crippen LogP contribution is 2.49. The molecule has 0 spiro atoms. The fourth-order valence-corrected chi connectivity index (χ4v) is 4.84. The summed E-state index contributed by atoms with van der Waals surface area (Å²) in [4.78, 5) is 23.6. The summed E-state index contributed by atoms with van der Waals surface area (Å²) < 4.78 is 0. The van der Waals surface area contributed by atoms with Crippen molar-refractivity contribution in [3.05, 3.63) is 89.5 Å². The van der Waals surface area contributed by atoms with Crippen molar-refractivity contribution in [2.45, 2.75) is 19.1 Å². The van der Waals surface area contributed by atoms with Crippen molar-refractivity contribution in [1.29, 1.82) is 0 Å². The molecular weight excluding hydrogens is 406 g/mol. The Morgan fingerprint density at radius 1 is 0.871 bits per heavy atom. The Morgan fingerprint density at radius 2 is 1.45 bits per heavy atom. The molecule has 0 heterocycles. The maximum atomic E-state index is 12.4. The summed E-state index contributed by atoms with van der Waals surface area (Å²) in [6.07, 6.45) is 0. The molecule has 0 bridgehead atoms. The number of carbonyl (C=O) groups excluding carboxylic acids is 2. The quantitative estimate of drug-likeness (QED) is 0.428. The van der Waals surface area contributed by atoms with Crippen molar-refractivity contribution in [2.24, 2.45) is 5.10 Å². The minimum Gasteiger partial charge on any atom is -0.326 e. The highest BCUT2D eigenvalue weighted by atomic mass is 32.2. The number of carbonyl (C=O) groups is 2. The van der Waals surface area contributed by atoms with Crippen molar-refractivity contribution in [3.8, 4) is 11.1 Å². The molecule has 6 heteroatoms. The molecule has 156 valence electrons. The van der Waals surface area contributed by atoms with Gasteiger partial charge in [-0.3, -0.25) is 9.59 Å². The molecule has 0 aliphatic heterocycles. The Hall–Kier alpha value is -3.38. The number of rotatable bonds is 6. The third kappa shape index (κ3) is 4.70. The van der Waals surface area contributed by atoms with E-state index in [4.69, 9.17) is 0 Å². The molecule has 0 atom stereocenters. The number of anilines is 1. The van der Waals surface area contributed by atoms with Crippen LogP contribution in [0.2, 0.25) is 0 Å². The van der Waals surface area contributed by atoms with Crippen LogP contribution in [0.15, 0.2) is 77.9 Å². The van der Waals surface area contributed by atoms with Crippen LogP contribution in [-0.2, 0) is 9.59 Å². The Bertz CT molecular complexity index is 1110. The van der Waals surface area contributed by atoms with Crippen LogP contribution >= 0.6 is 11.8 Å². The molecule has 3 aromatic carbocycles. The molecule has 0 saturated carbocycles. The van der Waals surface area contributed by atoms with E-state index in [0.717, 1.165) is 11.3 Å². The first-order chi connectivity index (χ1) is 15.0. The van der Waals surface area contributed by atoms with Crippen LogP contribution in [0.25, 0.3) is 11.1 Å². The van der Waals surface area contributed by atoms with Gasteiger partial charge in [0.2, 0.25) is 11.8 Å². The molecule has 0 fully saturated rings. The molecule has 5 nitrogen and oxygen atoms in total. The standard InChI is InChI=1S/C25H23N3O2S/c1-16(18-11-13-19(14-12-18)26-17(2)29)27-28-24(30)15-31-25-22-9-5-3-7-20(22)21-8-4-6-10-23(21)25/h3-14,25H,15H2,1-2H3,(H,26,29)(H,28,30)/b27-16-. The summed E-state index contributed by atoms with van der Waals surface area (Å²) in [7, 11) is 0. The summed E-state index contributed by atoms with van der Waals surface area (Å²) >= 11 is 1.61. The third-order valence-electron chi connectivity index (χ3n) is 5.13. The molecule has 2 amide bonds. The van der Waals surface area contributed by atoms with E-state index in [0.29, 0.717) is 11.5 Å². The zero-order valence-electron chi connectivity index (χ0n) is 17.4. The van der Waals surface area contributed by atoms with E-state index >= 15 is 0 Å². The average Bonchev–Trinajstić information content (AvgIpc) is 3.10. The van der Waals surface area contributed by atoms with Crippen LogP contribution in [0.3, 0.4) is 0 Å². The second kappa shape index (κ2) is 9.18. The smallest absolute Gasteiger partial charge is 0.250 e. The fraction of sp³-hybridized carbons (Fsp3) is 0.160. The Morgan fingerprint density at radius 3 is 2.03 bits per heavy atom. The molecule has 0 radical (unpaired) electrons. The highest BCUT2D eigenvalue weighted by molar-refractivity contribution is 8.00. The molecule has 3 aromatic rings. The SMILES string of the molecule is CC(=O)Nc1ccc(/C(C)=N\NC(=O)CSC2c3ccccc3-c3ccccc32)cc1. The Labute approximate surface area is 186 Å². The molecule has 4 rings (SSSR count). The summed E-state index contributed by atoms with van der Waals surface area (Å²) in [5.74, 6) is 0.0578. The maximum Gasteiger partial charge on any atom is 0.250 e. The summed E-state index contributed by atoms with van der Waals surface area (Å²) in [6, 6.07) is 24.1. The number of thioether (sulfide) groups is 1. The molecule has 31 heavy (non-hydrogen) atoms. The van der Waals surface area contributed by atoms with Crippen LogP contribution in [0, 0.1) is 0 Å². The number of nitrogens with zero attached hydrogens (tertiary/aromatic N) is 1. The lowest BCUT2D eigenvalue weighted by Gasteiger charge is -2.12.